The van der Waals surface area contributed by atoms with E-state index in [-0.39, 0.29) is 17.7 Å². The van der Waals surface area contributed by atoms with Crippen LogP contribution in [0.25, 0.3) is 0 Å². The third kappa shape index (κ3) is 4.91. The number of amides is 1. The highest BCUT2D eigenvalue weighted by Crippen LogP contribution is 2.24. The molecule has 0 bridgehead atoms. The summed E-state index contributed by atoms with van der Waals surface area (Å²) in [6.45, 7) is 5.25. The fourth-order valence-corrected chi connectivity index (χ4v) is 2.16. The summed E-state index contributed by atoms with van der Waals surface area (Å²) < 4.78 is 0. The van der Waals surface area contributed by atoms with Gasteiger partial charge in [-0.25, -0.2) is 0 Å². The predicted molar refractivity (Wildman–Crippen MR) is 77.1 cm³/mol. The zero-order chi connectivity index (χ0) is 14.3. The summed E-state index contributed by atoms with van der Waals surface area (Å²) >= 11 is 0. The first kappa shape index (κ1) is 15.5. The van der Waals surface area contributed by atoms with Crippen LogP contribution in [0, 0.1) is 0 Å². The second kappa shape index (κ2) is 7.79. The molecule has 1 amide bonds. The number of benzene rings is 1. The smallest absolute Gasteiger partial charge is 0.234 e. The summed E-state index contributed by atoms with van der Waals surface area (Å²) in [7, 11) is 1.95. The number of likely N-dealkylation sites (N-methyl/N-ethyl adjacent to an activating group) is 1. The normalized spacial score (nSPS) is 12.4. The number of phenols is 1. The first-order chi connectivity index (χ1) is 9.08. The Hall–Kier alpha value is -1.55. The molecule has 0 saturated heterocycles. The Morgan fingerprint density at radius 2 is 1.95 bits per heavy atom. The number of nitrogens with zero attached hydrogens (tertiary/aromatic N) is 1. The molecular weight excluding hydrogens is 240 g/mol. The van der Waals surface area contributed by atoms with E-state index in [4.69, 9.17) is 0 Å². The van der Waals surface area contributed by atoms with E-state index in [0.717, 1.165) is 24.9 Å². The van der Waals surface area contributed by atoms with Crippen molar-refractivity contribution in [2.75, 3.05) is 20.1 Å². The van der Waals surface area contributed by atoms with Gasteiger partial charge < -0.3 is 10.4 Å². The zero-order valence-electron chi connectivity index (χ0n) is 12.0. The Balaban J connectivity index is 2.63. The Morgan fingerprint density at radius 1 is 1.32 bits per heavy atom. The molecule has 0 spiro atoms. The van der Waals surface area contributed by atoms with Crippen molar-refractivity contribution in [1.82, 2.24) is 10.2 Å². The summed E-state index contributed by atoms with van der Waals surface area (Å²) in [5, 5.41) is 12.2. The first-order valence-electron chi connectivity index (χ1n) is 6.84. The molecule has 19 heavy (non-hydrogen) atoms. The van der Waals surface area contributed by atoms with Crippen LogP contribution in [0.4, 0.5) is 0 Å². The van der Waals surface area contributed by atoms with E-state index in [1.54, 1.807) is 12.1 Å². The number of nitrogens with one attached hydrogen (secondary N) is 1. The minimum Gasteiger partial charge on any atom is -0.508 e. The van der Waals surface area contributed by atoms with E-state index in [1.807, 2.05) is 31.0 Å². The molecule has 0 heterocycles. The van der Waals surface area contributed by atoms with Gasteiger partial charge in [-0.2, -0.15) is 0 Å². The number of carbonyl (C=O) groups excluding carboxylic acids is 1. The number of hydrogen-bond acceptors (Lipinski definition) is 3. The van der Waals surface area contributed by atoms with Crippen LogP contribution in [0.3, 0.4) is 0 Å². The molecule has 2 N–H and O–H groups in total. The summed E-state index contributed by atoms with van der Waals surface area (Å²) in [5.41, 5.74) is 1.12. The second-order valence-electron chi connectivity index (χ2n) is 4.78. The lowest BCUT2D eigenvalue weighted by molar-refractivity contribution is -0.122. The number of rotatable bonds is 7. The molecule has 1 unspecified atom stereocenters. The van der Waals surface area contributed by atoms with Gasteiger partial charge in [-0.3, -0.25) is 9.69 Å². The largest absolute Gasteiger partial charge is 0.508 e. The number of phenolic OH excluding ortho intramolecular Hbond substituents is 1. The molecule has 1 atom stereocenters. The highest BCUT2D eigenvalue weighted by molar-refractivity contribution is 5.78. The first-order valence-corrected chi connectivity index (χ1v) is 6.84. The van der Waals surface area contributed by atoms with Gasteiger partial charge in [-0.15, -0.1) is 0 Å². The molecule has 4 nitrogen and oxygen atoms in total. The van der Waals surface area contributed by atoms with Crippen LogP contribution in [-0.2, 0) is 4.79 Å². The number of carbonyl (C=O) groups is 1. The summed E-state index contributed by atoms with van der Waals surface area (Å²) in [6, 6.07) is 7.37. The fraction of sp³-hybridized carbons (Fsp3) is 0.533. The third-order valence-corrected chi connectivity index (χ3v) is 3.16. The molecule has 1 aromatic carbocycles. The standard InChI is InChI=1S/C15H24N2O2/c1-4-10-16-15(19)11-17(3)14(5-2)12-6-8-13(18)9-7-12/h6-9,14,18H,4-5,10-11H2,1-3H3,(H,16,19). The average molecular weight is 264 g/mol. The quantitative estimate of drug-likeness (QED) is 0.794. The van der Waals surface area contributed by atoms with Crippen LogP contribution in [0.1, 0.15) is 38.3 Å². The SMILES string of the molecule is CCCNC(=O)CN(C)C(CC)c1ccc(O)cc1. The molecule has 0 saturated carbocycles. The highest BCUT2D eigenvalue weighted by atomic mass is 16.3. The van der Waals surface area contributed by atoms with Crippen molar-refractivity contribution >= 4 is 5.91 Å². The molecule has 1 aromatic rings. The van der Waals surface area contributed by atoms with Gasteiger partial charge in [0.25, 0.3) is 0 Å². The molecule has 4 heteroatoms. The van der Waals surface area contributed by atoms with Crippen molar-refractivity contribution in [3.05, 3.63) is 29.8 Å². The van der Waals surface area contributed by atoms with Gasteiger partial charge in [0, 0.05) is 12.6 Å². The molecule has 106 valence electrons. The third-order valence-electron chi connectivity index (χ3n) is 3.16. The molecule has 0 aliphatic carbocycles. The van der Waals surface area contributed by atoms with Crippen molar-refractivity contribution in [1.29, 1.82) is 0 Å². The van der Waals surface area contributed by atoms with Crippen LogP contribution in [0.15, 0.2) is 24.3 Å². The van der Waals surface area contributed by atoms with Gasteiger partial charge in [-0.05, 0) is 37.6 Å². The summed E-state index contributed by atoms with van der Waals surface area (Å²) in [4.78, 5) is 13.8. The van der Waals surface area contributed by atoms with Crippen molar-refractivity contribution in [2.24, 2.45) is 0 Å². The Morgan fingerprint density at radius 3 is 2.47 bits per heavy atom. The monoisotopic (exact) mass is 264 g/mol. The van der Waals surface area contributed by atoms with Crippen LogP contribution >= 0.6 is 0 Å². The van der Waals surface area contributed by atoms with E-state index >= 15 is 0 Å². The van der Waals surface area contributed by atoms with E-state index < -0.39 is 0 Å². The fourth-order valence-electron chi connectivity index (χ4n) is 2.16. The highest BCUT2D eigenvalue weighted by Gasteiger charge is 2.17. The Labute approximate surface area is 115 Å². The van der Waals surface area contributed by atoms with Gasteiger partial charge in [0.15, 0.2) is 0 Å². The Bertz CT molecular complexity index is 390. The molecule has 0 aliphatic heterocycles. The zero-order valence-corrected chi connectivity index (χ0v) is 12.0. The van der Waals surface area contributed by atoms with E-state index in [0.29, 0.717) is 6.54 Å². The molecule has 0 aliphatic rings. The lowest BCUT2D eigenvalue weighted by Crippen LogP contribution is -2.37. The van der Waals surface area contributed by atoms with Gasteiger partial charge in [0.2, 0.25) is 5.91 Å². The van der Waals surface area contributed by atoms with Crippen LogP contribution in [0.5, 0.6) is 5.75 Å². The van der Waals surface area contributed by atoms with Gasteiger partial charge in [0.1, 0.15) is 5.75 Å². The van der Waals surface area contributed by atoms with Crippen molar-refractivity contribution in [3.63, 3.8) is 0 Å². The molecule has 1 rings (SSSR count). The molecular formula is C15H24N2O2. The average Bonchev–Trinajstić information content (AvgIpc) is 2.39. The number of hydrogen-bond donors (Lipinski definition) is 2. The summed E-state index contributed by atoms with van der Waals surface area (Å²) in [5.74, 6) is 0.323. The minimum absolute atomic E-state index is 0.0570. The van der Waals surface area contributed by atoms with E-state index in [9.17, 15) is 9.90 Å². The van der Waals surface area contributed by atoms with Gasteiger partial charge in [-0.1, -0.05) is 26.0 Å². The maximum absolute atomic E-state index is 11.7. The van der Waals surface area contributed by atoms with Crippen LogP contribution in [-0.4, -0.2) is 36.1 Å². The van der Waals surface area contributed by atoms with Crippen molar-refractivity contribution in [3.8, 4) is 5.75 Å². The Kier molecular flexibility index (Phi) is 6.36. The summed E-state index contributed by atoms with van der Waals surface area (Å²) in [6.07, 6.45) is 1.87. The maximum Gasteiger partial charge on any atom is 0.234 e. The number of aromatic hydroxyl groups is 1. The van der Waals surface area contributed by atoms with Crippen molar-refractivity contribution < 1.29 is 9.90 Å². The van der Waals surface area contributed by atoms with E-state index in [1.165, 1.54) is 0 Å². The molecule has 0 radical (unpaired) electrons. The lowest BCUT2D eigenvalue weighted by Gasteiger charge is -2.27. The van der Waals surface area contributed by atoms with Crippen molar-refractivity contribution in [2.45, 2.75) is 32.7 Å². The van der Waals surface area contributed by atoms with Gasteiger partial charge >= 0.3 is 0 Å². The second-order valence-corrected chi connectivity index (χ2v) is 4.78. The maximum atomic E-state index is 11.7. The molecule has 0 aromatic heterocycles. The minimum atomic E-state index is 0.0570. The lowest BCUT2D eigenvalue weighted by atomic mass is 10.0. The predicted octanol–water partition coefficient (Wildman–Crippen LogP) is 2.30. The van der Waals surface area contributed by atoms with Gasteiger partial charge in [0.05, 0.1) is 6.54 Å². The topological polar surface area (TPSA) is 52.6 Å². The van der Waals surface area contributed by atoms with Crippen LogP contribution in [0.2, 0.25) is 0 Å². The molecule has 0 fully saturated rings. The van der Waals surface area contributed by atoms with Crippen LogP contribution < -0.4 is 5.32 Å². The van der Waals surface area contributed by atoms with E-state index in [2.05, 4.69) is 12.2 Å².